The highest BCUT2D eigenvalue weighted by Gasteiger charge is 2.11. The molecule has 0 saturated carbocycles. The minimum Gasteiger partial charge on any atom is -0.508 e. The number of aryl methyl sites for hydroxylation is 2. The number of hydrogen-bond donors (Lipinski definition) is 2. The summed E-state index contributed by atoms with van der Waals surface area (Å²) in [6.45, 7) is 2.02. The molecule has 0 radical (unpaired) electrons. The first kappa shape index (κ1) is 13.1. The lowest BCUT2D eigenvalue weighted by atomic mass is 10.0. The second-order valence-electron chi connectivity index (χ2n) is 4.61. The molecular formula is C16H16O3. The van der Waals surface area contributed by atoms with Crippen LogP contribution in [0.5, 0.6) is 11.5 Å². The number of carbonyl (C=O) groups excluding carboxylic acids is 1. The number of aromatic hydroxyl groups is 2. The van der Waals surface area contributed by atoms with Crippen LogP contribution in [0.2, 0.25) is 0 Å². The van der Waals surface area contributed by atoms with Gasteiger partial charge in [-0.1, -0.05) is 29.8 Å². The van der Waals surface area contributed by atoms with E-state index in [1.165, 1.54) is 23.8 Å². The molecule has 0 spiro atoms. The van der Waals surface area contributed by atoms with Crippen LogP contribution in [0.25, 0.3) is 0 Å². The summed E-state index contributed by atoms with van der Waals surface area (Å²) in [5.74, 6) is -0.348. The van der Waals surface area contributed by atoms with Crippen LogP contribution in [0.15, 0.2) is 42.5 Å². The first-order valence-electron chi connectivity index (χ1n) is 6.17. The number of hydrogen-bond acceptors (Lipinski definition) is 3. The van der Waals surface area contributed by atoms with Gasteiger partial charge < -0.3 is 10.2 Å². The monoisotopic (exact) mass is 256 g/mol. The van der Waals surface area contributed by atoms with Gasteiger partial charge in [-0.05, 0) is 31.0 Å². The van der Waals surface area contributed by atoms with Gasteiger partial charge in [0.1, 0.15) is 11.5 Å². The number of ketones is 1. The van der Waals surface area contributed by atoms with E-state index in [1.54, 1.807) is 0 Å². The zero-order valence-corrected chi connectivity index (χ0v) is 10.8. The SMILES string of the molecule is Cc1ccc(CCC(=O)c2ccc(O)cc2O)cc1. The number of rotatable bonds is 4. The van der Waals surface area contributed by atoms with Crippen molar-refractivity contribution in [3.8, 4) is 11.5 Å². The Labute approximate surface area is 112 Å². The standard InChI is InChI=1S/C16H16O3/c1-11-2-4-12(5-3-11)6-9-15(18)14-8-7-13(17)10-16(14)19/h2-5,7-8,10,17,19H,6,9H2,1H3. The minimum atomic E-state index is -0.172. The van der Waals surface area contributed by atoms with Crippen LogP contribution in [-0.4, -0.2) is 16.0 Å². The van der Waals surface area contributed by atoms with E-state index in [9.17, 15) is 15.0 Å². The van der Waals surface area contributed by atoms with E-state index in [0.717, 1.165) is 5.56 Å². The lowest BCUT2D eigenvalue weighted by Gasteiger charge is -2.05. The molecular weight excluding hydrogens is 240 g/mol. The zero-order valence-electron chi connectivity index (χ0n) is 10.8. The summed E-state index contributed by atoms with van der Waals surface area (Å²) in [6.07, 6.45) is 0.973. The molecule has 2 N–H and O–H groups in total. The van der Waals surface area contributed by atoms with E-state index in [1.807, 2.05) is 31.2 Å². The molecule has 3 heteroatoms. The van der Waals surface area contributed by atoms with Gasteiger partial charge in [0.25, 0.3) is 0 Å². The average molecular weight is 256 g/mol. The van der Waals surface area contributed by atoms with Crippen LogP contribution >= 0.6 is 0 Å². The third-order valence-electron chi connectivity index (χ3n) is 3.04. The molecule has 2 rings (SSSR count). The van der Waals surface area contributed by atoms with Gasteiger partial charge in [-0.15, -0.1) is 0 Å². The van der Waals surface area contributed by atoms with Gasteiger partial charge >= 0.3 is 0 Å². The predicted molar refractivity (Wildman–Crippen MR) is 73.6 cm³/mol. The van der Waals surface area contributed by atoms with E-state index >= 15 is 0 Å². The van der Waals surface area contributed by atoms with Crippen molar-refractivity contribution >= 4 is 5.78 Å². The van der Waals surface area contributed by atoms with Crippen LogP contribution in [0.3, 0.4) is 0 Å². The van der Waals surface area contributed by atoms with Gasteiger partial charge in [0.15, 0.2) is 5.78 Å². The molecule has 19 heavy (non-hydrogen) atoms. The van der Waals surface area contributed by atoms with Crippen molar-refractivity contribution in [2.24, 2.45) is 0 Å². The molecule has 0 fully saturated rings. The lowest BCUT2D eigenvalue weighted by Crippen LogP contribution is -2.01. The fourth-order valence-electron chi connectivity index (χ4n) is 1.90. The Kier molecular flexibility index (Phi) is 3.85. The fourth-order valence-corrected chi connectivity index (χ4v) is 1.90. The summed E-state index contributed by atoms with van der Waals surface area (Å²) in [4.78, 5) is 12.0. The summed E-state index contributed by atoms with van der Waals surface area (Å²) in [5, 5.41) is 18.8. The molecule has 0 heterocycles. The normalized spacial score (nSPS) is 10.4. The van der Waals surface area contributed by atoms with Gasteiger partial charge in [0.05, 0.1) is 5.56 Å². The van der Waals surface area contributed by atoms with Crippen LogP contribution < -0.4 is 0 Å². The molecule has 0 unspecified atom stereocenters. The van der Waals surface area contributed by atoms with Gasteiger partial charge in [0, 0.05) is 12.5 Å². The van der Waals surface area contributed by atoms with Crippen molar-refractivity contribution in [2.75, 3.05) is 0 Å². The number of carbonyl (C=O) groups is 1. The summed E-state index contributed by atoms with van der Waals surface area (Å²) in [7, 11) is 0. The smallest absolute Gasteiger partial charge is 0.166 e. The highest BCUT2D eigenvalue weighted by atomic mass is 16.3. The number of benzene rings is 2. The lowest BCUT2D eigenvalue weighted by molar-refractivity contribution is 0.0980. The van der Waals surface area contributed by atoms with Crippen molar-refractivity contribution in [2.45, 2.75) is 19.8 Å². The number of phenols is 2. The first-order chi connectivity index (χ1) is 9.06. The van der Waals surface area contributed by atoms with Crippen LogP contribution in [0.4, 0.5) is 0 Å². The van der Waals surface area contributed by atoms with E-state index in [4.69, 9.17) is 0 Å². The minimum absolute atomic E-state index is 0.0485. The summed E-state index contributed by atoms with van der Waals surface area (Å²) in [6, 6.07) is 12.0. The average Bonchev–Trinajstić information content (AvgIpc) is 2.37. The number of Topliss-reactive ketones (excluding diaryl/α,β-unsaturated/α-hetero) is 1. The molecule has 0 atom stereocenters. The van der Waals surface area contributed by atoms with Gasteiger partial charge in [0.2, 0.25) is 0 Å². The van der Waals surface area contributed by atoms with Crippen molar-refractivity contribution in [3.05, 3.63) is 59.2 Å². The Morgan fingerprint density at radius 3 is 2.37 bits per heavy atom. The van der Waals surface area contributed by atoms with Crippen molar-refractivity contribution < 1.29 is 15.0 Å². The summed E-state index contributed by atoms with van der Waals surface area (Å²) >= 11 is 0. The Morgan fingerprint density at radius 2 is 1.74 bits per heavy atom. The topological polar surface area (TPSA) is 57.5 Å². The van der Waals surface area contributed by atoms with E-state index in [-0.39, 0.29) is 22.8 Å². The van der Waals surface area contributed by atoms with Crippen molar-refractivity contribution in [1.82, 2.24) is 0 Å². The first-order valence-corrected chi connectivity index (χ1v) is 6.17. The largest absolute Gasteiger partial charge is 0.508 e. The molecule has 0 bridgehead atoms. The van der Waals surface area contributed by atoms with E-state index in [0.29, 0.717) is 12.8 Å². The predicted octanol–water partition coefficient (Wildman–Crippen LogP) is 3.22. The molecule has 0 amide bonds. The highest BCUT2D eigenvalue weighted by molar-refractivity contribution is 5.98. The fraction of sp³-hybridized carbons (Fsp3) is 0.188. The second-order valence-corrected chi connectivity index (χ2v) is 4.61. The maximum Gasteiger partial charge on any atom is 0.166 e. The molecule has 2 aromatic rings. The zero-order chi connectivity index (χ0) is 13.8. The van der Waals surface area contributed by atoms with Gasteiger partial charge in [-0.25, -0.2) is 0 Å². The second kappa shape index (κ2) is 5.57. The van der Waals surface area contributed by atoms with E-state index < -0.39 is 0 Å². The molecule has 98 valence electrons. The van der Waals surface area contributed by atoms with Crippen molar-refractivity contribution in [3.63, 3.8) is 0 Å². The van der Waals surface area contributed by atoms with Crippen LogP contribution in [-0.2, 0) is 6.42 Å². The third kappa shape index (κ3) is 3.35. The number of phenolic OH excluding ortho intramolecular Hbond substituents is 2. The van der Waals surface area contributed by atoms with Gasteiger partial charge in [-0.2, -0.15) is 0 Å². The Bertz CT molecular complexity index is 585. The molecule has 0 aromatic heterocycles. The summed E-state index contributed by atoms with van der Waals surface area (Å²) in [5.41, 5.74) is 2.54. The molecule has 2 aromatic carbocycles. The maximum atomic E-state index is 12.0. The highest BCUT2D eigenvalue weighted by Crippen LogP contribution is 2.24. The quantitative estimate of drug-likeness (QED) is 0.826. The maximum absolute atomic E-state index is 12.0. The Balaban J connectivity index is 2.03. The van der Waals surface area contributed by atoms with Gasteiger partial charge in [-0.3, -0.25) is 4.79 Å². The molecule has 3 nitrogen and oxygen atoms in total. The van der Waals surface area contributed by atoms with Crippen LogP contribution in [0, 0.1) is 6.92 Å². The Morgan fingerprint density at radius 1 is 1.05 bits per heavy atom. The van der Waals surface area contributed by atoms with E-state index in [2.05, 4.69) is 0 Å². The molecule has 0 saturated heterocycles. The third-order valence-corrected chi connectivity index (χ3v) is 3.04. The molecule has 0 aliphatic carbocycles. The summed E-state index contributed by atoms with van der Waals surface area (Å²) < 4.78 is 0. The van der Waals surface area contributed by atoms with Crippen molar-refractivity contribution in [1.29, 1.82) is 0 Å². The van der Waals surface area contributed by atoms with Crippen LogP contribution in [0.1, 0.15) is 27.9 Å². The molecule has 0 aliphatic rings. The Hall–Kier alpha value is -2.29. The molecule has 0 aliphatic heterocycles.